The molecule has 21 heavy (non-hydrogen) atoms. The fraction of sp³-hybridized carbons (Fsp3) is 0.267. The van der Waals surface area contributed by atoms with Gasteiger partial charge in [0.2, 0.25) is 5.01 Å². The van der Waals surface area contributed by atoms with Crippen LogP contribution in [-0.2, 0) is 13.0 Å². The number of carboxylic acid groups (broad SMARTS) is 1. The van der Waals surface area contributed by atoms with Crippen LogP contribution in [0.25, 0.3) is 0 Å². The molecule has 6 heteroatoms. The number of aromatic nitrogens is 1. The van der Waals surface area contributed by atoms with Crippen molar-refractivity contribution in [1.29, 1.82) is 0 Å². The first-order valence-electron chi connectivity index (χ1n) is 6.70. The number of rotatable bonds is 3. The van der Waals surface area contributed by atoms with Crippen LogP contribution in [0.2, 0.25) is 0 Å². The summed E-state index contributed by atoms with van der Waals surface area (Å²) < 4.78 is 0. The highest BCUT2D eigenvalue weighted by atomic mass is 32.1. The summed E-state index contributed by atoms with van der Waals surface area (Å²) in [5.41, 5.74) is 2.45. The molecule has 0 radical (unpaired) electrons. The standard InChI is InChI=1S/C15H14N2O3S/c18-14-12-6-2-1-4-10(12)5-3-7-17(14)8-11-9-21-13(16-11)15(19)20/h1-2,4,6,9H,3,5,7-8H2,(H,19,20). The number of fused-ring (bicyclic) bond motifs is 1. The van der Waals surface area contributed by atoms with Gasteiger partial charge in [-0.25, -0.2) is 9.78 Å². The summed E-state index contributed by atoms with van der Waals surface area (Å²) in [5, 5.41) is 10.7. The molecule has 3 rings (SSSR count). The van der Waals surface area contributed by atoms with Gasteiger partial charge in [-0.15, -0.1) is 11.3 Å². The lowest BCUT2D eigenvalue weighted by Gasteiger charge is -2.19. The van der Waals surface area contributed by atoms with Crippen LogP contribution < -0.4 is 0 Å². The molecule has 5 nitrogen and oxygen atoms in total. The number of carbonyl (C=O) groups excluding carboxylic acids is 1. The first kappa shape index (κ1) is 13.8. The molecule has 1 aliphatic heterocycles. The van der Waals surface area contributed by atoms with Crippen molar-refractivity contribution < 1.29 is 14.7 Å². The minimum absolute atomic E-state index is 0.00650. The van der Waals surface area contributed by atoms with Crippen LogP contribution in [0, 0.1) is 0 Å². The lowest BCUT2D eigenvalue weighted by Crippen LogP contribution is -2.30. The molecule has 1 aliphatic rings. The van der Waals surface area contributed by atoms with E-state index >= 15 is 0 Å². The van der Waals surface area contributed by atoms with Gasteiger partial charge in [-0.05, 0) is 24.5 Å². The molecule has 2 heterocycles. The first-order chi connectivity index (χ1) is 10.1. The van der Waals surface area contributed by atoms with Crippen molar-refractivity contribution in [2.24, 2.45) is 0 Å². The number of hydrogen-bond donors (Lipinski definition) is 1. The number of amides is 1. The van der Waals surface area contributed by atoms with Crippen molar-refractivity contribution in [3.63, 3.8) is 0 Å². The van der Waals surface area contributed by atoms with Crippen molar-refractivity contribution in [3.8, 4) is 0 Å². The molecule has 1 N–H and O–H groups in total. The average molecular weight is 302 g/mol. The first-order valence-corrected chi connectivity index (χ1v) is 7.58. The molecule has 2 aromatic rings. The van der Waals surface area contributed by atoms with E-state index in [2.05, 4.69) is 4.98 Å². The molecule has 0 saturated heterocycles. The SMILES string of the molecule is O=C(O)c1nc(CN2CCCc3ccccc3C2=O)cs1. The highest BCUT2D eigenvalue weighted by Crippen LogP contribution is 2.20. The molecule has 1 aromatic carbocycles. The molecule has 1 amide bonds. The van der Waals surface area contributed by atoms with Gasteiger partial charge in [0.1, 0.15) is 0 Å². The predicted octanol–water partition coefficient (Wildman–Crippen LogP) is 2.43. The number of hydrogen-bond acceptors (Lipinski definition) is 4. The van der Waals surface area contributed by atoms with E-state index in [0.29, 0.717) is 18.8 Å². The Hall–Kier alpha value is -2.21. The van der Waals surface area contributed by atoms with Crippen molar-refractivity contribution in [1.82, 2.24) is 9.88 Å². The molecule has 0 fully saturated rings. The summed E-state index contributed by atoms with van der Waals surface area (Å²) in [6.07, 6.45) is 1.79. The Morgan fingerprint density at radius 1 is 1.38 bits per heavy atom. The Bertz CT molecular complexity index is 696. The molecule has 0 saturated carbocycles. The second-order valence-electron chi connectivity index (χ2n) is 4.94. The molecule has 0 aliphatic carbocycles. The number of nitrogens with zero attached hydrogens (tertiary/aromatic N) is 2. The number of thiazole rings is 1. The van der Waals surface area contributed by atoms with Crippen molar-refractivity contribution in [3.05, 3.63) is 51.5 Å². The summed E-state index contributed by atoms with van der Waals surface area (Å²) in [6.45, 7) is 1.02. The van der Waals surface area contributed by atoms with E-state index in [1.165, 1.54) is 0 Å². The fourth-order valence-electron chi connectivity index (χ4n) is 2.50. The van der Waals surface area contributed by atoms with Crippen LogP contribution >= 0.6 is 11.3 Å². The van der Waals surface area contributed by atoms with Gasteiger partial charge in [0.05, 0.1) is 12.2 Å². The third-order valence-corrected chi connectivity index (χ3v) is 4.38. The van der Waals surface area contributed by atoms with Crippen molar-refractivity contribution >= 4 is 23.2 Å². The van der Waals surface area contributed by atoms with Gasteiger partial charge in [0.15, 0.2) is 0 Å². The second kappa shape index (κ2) is 5.65. The zero-order valence-electron chi connectivity index (χ0n) is 11.3. The van der Waals surface area contributed by atoms with E-state index in [1.54, 1.807) is 10.3 Å². The summed E-state index contributed by atoms with van der Waals surface area (Å²) in [7, 11) is 0. The van der Waals surface area contributed by atoms with Gasteiger partial charge in [0.25, 0.3) is 5.91 Å². The maximum Gasteiger partial charge on any atom is 0.365 e. The lowest BCUT2D eigenvalue weighted by atomic mass is 10.0. The number of carboxylic acids is 1. The van der Waals surface area contributed by atoms with Crippen LogP contribution in [0.15, 0.2) is 29.6 Å². The number of aryl methyl sites for hydroxylation is 1. The Balaban J connectivity index is 1.82. The van der Waals surface area contributed by atoms with E-state index in [-0.39, 0.29) is 10.9 Å². The predicted molar refractivity (Wildman–Crippen MR) is 78.6 cm³/mol. The highest BCUT2D eigenvalue weighted by Gasteiger charge is 2.23. The normalized spacial score (nSPS) is 14.7. The van der Waals surface area contributed by atoms with Crippen LogP contribution in [0.1, 0.15) is 37.8 Å². The minimum atomic E-state index is -1.03. The summed E-state index contributed by atoms with van der Waals surface area (Å²) in [4.78, 5) is 29.2. The van der Waals surface area contributed by atoms with Gasteiger partial charge in [-0.3, -0.25) is 4.79 Å². The van der Waals surface area contributed by atoms with E-state index in [0.717, 1.165) is 35.3 Å². The van der Waals surface area contributed by atoms with Crippen LogP contribution in [0.4, 0.5) is 0 Å². The molecular weight excluding hydrogens is 288 g/mol. The maximum atomic E-state index is 12.6. The maximum absolute atomic E-state index is 12.6. The van der Waals surface area contributed by atoms with E-state index in [4.69, 9.17) is 5.11 Å². The number of carbonyl (C=O) groups is 2. The number of aromatic carboxylic acids is 1. The Kier molecular flexibility index (Phi) is 3.70. The van der Waals surface area contributed by atoms with Crippen molar-refractivity contribution in [2.75, 3.05) is 6.54 Å². The van der Waals surface area contributed by atoms with Crippen LogP contribution in [-0.4, -0.2) is 33.4 Å². The summed E-state index contributed by atoms with van der Waals surface area (Å²) in [5.74, 6) is -1.04. The zero-order chi connectivity index (χ0) is 14.8. The Morgan fingerprint density at radius 3 is 2.95 bits per heavy atom. The Morgan fingerprint density at radius 2 is 2.19 bits per heavy atom. The third kappa shape index (κ3) is 2.80. The average Bonchev–Trinajstić information content (AvgIpc) is 2.89. The smallest absolute Gasteiger partial charge is 0.365 e. The van der Waals surface area contributed by atoms with Gasteiger partial charge in [-0.2, -0.15) is 0 Å². The largest absolute Gasteiger partial charge is 0.476 e. The van der Waals surface area contributed by atoms with E-state index in [1.807, 2.05) is 24.3 Å². The molecule has 0 unspecified atom stereocenters. The van der Waals surface area contributed by atoms with Gasteiger partial charge >= 0.3 is 5.97 Å². The molecule has 0 spiro atoms. The molecule has 0 bridgehead atoms. The van der Waals surface area contributed by atoms with Gasteiger partial charge in [0, 0.05) is 17.5 Å². The van der Waals surface area contributed by atoms with E-state index in [9.17, 15) is 9.59 Å². The monoisotopic (exact) mass is 302 g/mol. The minimum Gasteiger partial charge on any atom is -0.476 e. The van der Waals surface area contributed by atoms with Crippen LogP contribution in [0.5, 0.6) is 0 Å². The molecule has 1 aromatic heterocycles. The van der Waals surface area contributed by atoms with Crippen molar-refractivity contribution in [2.45, 2.75) is 19.4 Å². The zero-order valence-corrected chi connectivity index (χ0v) is 12.1. The van der Waals surface area contributed by atoms with Crippen LogP contribution in [0.3, 0.4) is 0 Å². The summed E-state index contributed by atoms with van der Waals surface area (Å²) in [6, 6.07) is 7.65. The third-order valence-electron chi connectivity index (χ3n) is 3.50. The second-order valence-corrected chi connectivity index (χ2v) is 5.79. The molecule has 108 valence electrons. The number of benzene rings is 1. The van der Waals surface area contributed by atoms with Gasteiger partial charge < -0.3 is 10.0 Å². The van der Waals surface area contributed by atoms with Gasteiger partial charge in [-0.1, -0.05) is 18.2 Å². The van der Waals surface area contributed by atoms with E-state index < -0.39 is 5.97 Å². The quantitative estimate of drug-likeness (QED) is 0.945. The fourth-order valence-corrected chi connectivity index (χ4v) is 3.15. The molecular formula is C15H14N2O3S. The summed E-state index contributed by atoms with van der Waals surface area (Å²) >= 11 is 1.09. The topological polar surface area (TPSA) is 70.5 Å². The Labute approximate surface area is 125 Å². The highest BCUT2D eigenvalue weighted by molar-refractivity contribution is 7.11. The molecule has 0 atom stereocenters. The lowest BCUT2D eigenvalue weighted by molar-refractivity contribution is 0.0696.